The van der Waals surface area contributed by atoms with Crippen LogP contribution < -0.4 is 9.47 Å². The van der Waals surface area contributed by atoms with Gasteiger partial charge in [-0.1, -0.05) is 48.0 Å². The SMILES string of the molecule is COc1ccc(CCN(C)C(=O)c2csc(CN(Cc3ccc(C)cc3)Cc3ccc(F)cc3)n2)cc1OC. The van der Waals surface area contributed by atoms with Crippen LogP contribution in [0.5, 0.6) is 11.5 Å². The molecule has 1 amide bonds. The molecule has 0 fully saturated rings. The molecule has 8 heteroatoms. The summed E-state index contributed by atoms with van der Waals surface area (Å²) in [5.74, 6) is 0.990. The molecule has 0 aliphatic heterocycles. The van der Waals surface area contributed by atoms with E-state index in [0.717, 1.165) is 16.1 Å². The second kappa shape index (κ2) is 13.4. The second-order valence-corrected chi connectivity index (χ2v) is 10.5. The molecule has 0 aliphatic rings. The van der Waals surface area contributed by atoms with Crippen molar-refractivity contribution in [2.45, 2.75) is 33.0 Å². The number of hydrogen-bond acceptors (Lipinski definition) is 6. The standard InChI is InChI=1S/C31H34FN3O3S/c1-22-5-7-24(8-6-22)18-35(19-25-9-12-26(32)13-10-25)20-30-33-27(21-39-30)31(36)34(2)16-15-23-11-14-28(37-3)29(17-23)38-4/h5-14,17,21H,15-16,18-20H2,1-4H3. The van der Waals surface area contributed by atoms with E-state index in [2.05, 4.69) is 41.1 Å². The highest BCUT2D eigenvalue weighted by Gasteiger charge is 2.18. The summed E-state index contributed by atoms with van der Waals surface area (Å²) in [4.78, 5) is 21.7. The minimum Gasteiger partial charge on any atom is -0.493 e. The number of hydrogen-bond donors (Lipinski definition) is 0. The molecule has 0 bridgehead atoms. The number of methoxy groups -OCH3 is 2. The average Bonchev–Trinajstić information content (AvgIpc) is 3.41. The Balaban J connectivity index is 1.41. The minimum absolute atomic E-state index is 0.110. The van der Waals surface area contributed by atoms with E-state index in [1.165, 1.54) is 34.6 Å². The third kappa shape index (κ3) is 7.88. The van der Waals surface area contributed by atoms with Crippen molar-refractivity contribution in [1.29, 1.82) is 0 Å². The normalized spacial score (nSPS) is 11.0. The number of aryl methyl sites for hydroxylation is 1. The van der Waals surface area contributed by atoms with Crippen molar-refractivity contribution in [1.82, 2.24) is 14.8 Å². The molecular weight excluding hydrogens is 513 g/mol. The summed E-state index contributed by atoms with van der Waals surface area (Å²) in [6, 6.07) is 20.8. The number of carbonyl (C=O) groups is 1. The summed E-state index contributed by atoms with van der Waals surface area (Å²) in [7, 11) is 5.01. The smallest absolute Gasteiger partial charge is 0.273 e. The zero-order chi connectivity index (χ0) is 27.8. The fraction of sp³-hybridized carbons (Fsp3) is 0.290. The average molecular weight is 548 g/mol. The van der Waals surface area contributed by atoms with Gasteiger partial charge in [-0.2, -0.15) is 0 Å². The Morgan fingerprint density at radius 2 is 1.49 bits per heavy atom. The molecule has 39 heavy (non-hydrogen) atoms. The van der Waals surface area contributed by atoms with Gasteiger partial charge in [0.2, 0.25) is 0 Å². The number of ether oxygens (including phenoxy) is 2. The Labute approximate surface area is 233 Å². The first-order valence-corrected chi connectivity index (χ1v) is 13.7. The zero-order valence-electron chi connectivity index (χ0n) is 22.8. The lowest BCUT2D eigenvalue weighted by molar-refractivity contribution is 0.0791. The maximum Gasteiger partial charge on any atom is 0.273 e. The monoisotopic (exact) mass is 547 g/mol. The van der Waals surface area contributed by atoms with Gasteiger partial charge in [0.05, 0.1) is 20.8 Å². The van der Waals surface area contributed by atoms with Gasteiger partial charge < -0.3 is 14.4 Å². The molecule has 0 atom stereocenters. The van der Waals surface area contributed by atoms with Gasteiger partial charge in [-0.05, 0) is 54.3 Å². The summed E-state index contributed by atoms with van der Waals surface area (Å²) >= 11 is 1.48. The van der Waals surface area contributed by atoms with Gasteiger partial charge in [0.15, 0.2) is 11.5 Å². The van der Waals surface area contributed by atoms with Crippen LogP contribution in [-0.4, -0.2) is 48.5 Å². The van der Waals surface area contributed by atoms with Crippen LogP contribution in [0.15, 0.2) is 72.1 Å². The van der Waals surface area contributed by atoms with E-state index in [4.69, 9.17) is 9.47 Å². The van der Waals surface area contributed by atoms with E-state index in [1.807, 2.05) is 35.7 Å². The molecule has 1 aromatic heterocycles. The van der Waals surface area contributed by atoms with Crippen molar-refractivity contribution >= 4 is 17.2 Å². The van der Waals surface area contributed by atoms with Gasteiger partial charge in [0, 0.05) is 32.1 Å². The fourth-order valence-corrected chi connectivity index (χ4v) is 5.08. The number of rotatable bonds is 12. The van der Waals surface area contributed by atoms with Crippen LogP contribution in [0.1, 0.15) is 37.7 Å². The maximum absolute atomic E-state index is 13.4. The number of amides is 1. The summed E-state index contributed by atoms with van der Waals surface area (Å²) in [6.45, 7) is 4.55. The van der Waals surface area contributed by atoms with E-state index in [0.29, 0.717) is 49.8 Å². The molecule has 0 saturated heterocycles. The van der Waals surface area contributed by atoms with Crippen molar-refractivity contribution < 1.29 is 18.7 Å². The Hall–Kier alpha value is -3.75. The van der Waals surface area contributed by atoms with Crippen molar-refractivity contribution in [3.05, 3.63) is 111 Å². The number of carbonyl (C=O) groups excluding carboxylic acids is 1. The zero-order valence-corrected chi connectivity index (χ0v) is 23.6. The number of benzene rings is 3. The highest BCUT2D eigenvalue weighted by atomic mass is 32.1. The number of aromatic nitrogens is 1. The van der Waals surface area contributed by atoms with Gasteiger partial charge in [-0.3, -0.25) is 9.69 Å². The summed E-state index contributed by atoms with van der Waals surface area (Å²) in [5, 5.41) is 2.69. The molecule has 1 heterocycles. The van der Waals surface area contributed by atoms with Crippen LogP contribution in [0.25, 0.3) is 0 Å². The lowest BCUT2D eigenvalue weighted by atomic mass is 10.1. The molecular formula is C31H34FN3O3S. The molecule has 4 aromatic rings. The first-order valence-electron chi connectivity index (χ1n) is 12.8. The Bertz CT molecular complexity index is 1330. The molecule has 0 unspecified atom stereocenters. The molecule has 0 spiro atoms. The first-order chi connectivity index (χ1) is 18.8. The van der Waals surface area contributed by atoms with Gasteiger partial charge in [-0.15, -0.1) is 11.3 Å². The fourth-order valence-electron chi connectivity index (χ4n) is 4.27. The predicted octanol–water partition coefficient (Wildman–Crippen LogP) is 6.12. The number of likely N-dealkylation sites (N-methyl/N-ethyl adjacent to an activating group) is 1. The minimum atomic E-state index is -0.248. The first kappa shape index (κ1) is 28.3. The lowest BCUT2D eigenvalue weighted by Gasteiger charge is -2.22. The molecule has 3 aromatic carbocycles. The van der Waals surface area contributed by atoms with Crippen LogP contribution in [0.4, 0.5) is 4.39 Å². The molecule has 4 rings (SSSR count). The largest absolute Gasteiger partial charge is 0.493 e. The highest BCUT2D eigenvalue weighted by molar-refractivity contribution is 7.09. The van der Waals surface area contributed by atoms with Crippen LogP contribution >= 0.6 is 11.3 Å². The Morgan fingerprint density at radius 1 is 0.872 bits per heavy atom. The third-order valence-corrected chi connectivity index (χ3v) is 7.34. The van der Waals surface area contributed by atoms with Crippen LogP contribution in [0, 0.1) is 12.7 Å². The maximum atomic E-state index is 13.4. The summed E-state index contributed by atoms with van der Waals surface area (Å²) in [6.07, 6.45) is 0.682. The second-order valence-electron chi connectivity index (χ2n) is 9.55. The van der Waals surface area contributed by atoms with Crippen molar-refractivity contribution in [3.8, 4) is 11.5 Å². The summed E-state index contributed by atoms with van der Waals surface area (Å²) in [5.41, 5.74) is 4.92. The number of nitrogens with zero attached hydrogens (tertiary/aromatic N) is 3. The van der Waals surface area contributed by atoms with Gasteiger partial charge in [0.25, 0.3) is 5.91 Å². The van der Waals surface area contributed by atoms with Crippen LogP contribution in [-0.2, 0) is 26.1 Å². The molecule has 0 N–H and O–H groups in total. The van der Waals surface area contributed by atoms with E-state index < -0.39 is 0 Å². The number of halogens is 1. The molecule has 0 saturated carbocycles. The number of thiazole rings is 1. The highest BCUT2D eigenvalue weighted by Crippen LogP contribution is 2.28. The van der Waals surface area contributed by atoms with Crippen molar-refractivity contribution in [2.75, 3.05) is 27.8 Å². The van der Waals surface area contributed by atoms with Crippen LogP contribution in [0.3, 0.4) is 0 Å². The Kier molecular flexibility index (Phi) is 9.68. The van der Waals surface area contributed by atoms with Gasteiger partial charge >= 0.3 is 0 Å². The molecule has 204 valence electrons. The predicted molar refractivity (Wildman–Crippen MR) is 153 cm³/mol. The van der Waals surface area contributed by atoms with Crippen LogP contribution in [0.2, 0.25) is 0 Å². The van der Waals surface area contributed by atoms with Crippen molar-refractivity contribution in [2.24, 2.45) is 0 Å². The summed E-state index contributed by atoms with van der Waals surface area (Å²) < 4.78 is 24.1. The van der Waals surface area contributed by atoms with E-state index in [-0.39, 0.29) is 11.7 Å². The molecule has 0 radical (unpaired) electrons. The van der Waals surface area contributed by atoms with Crippen molar-refractivity contribution in [3.63, 3.8) is 0 Å². The van der Waals surface area contributed by atoms with E-state index >= 15 is 0 Å². The lowest BCUT2D eigenvalue weighted by Crippen LogP contribution is -2.29. The molecule has 0 aliphatic carbocycles. The Morgan fingerprint density at radius 3 is 2.13 bits per heavy atom. The quantitative estimate of drug-likeness (QED) is 0.214. The van der Waals surface area contributed by atoms with E-state index in [1.54, 1.807) is 26.2 Å². The van der Waals surface area contributed by atoms with Gasteiger partial charge in [-0.25, -0.2) is 9.37 Å². The third-order valence-electron chi connectivity index (χ3n) is 6.51. The van der Waals surface area contributed by atoms with Gasteiger partial charge in [0.1, 0.15) is 16.5 Å². The van der Waals surface area contributed by atoms with E-state index in [9.17, 15) is 9.18 Å². The molecule has 6 nitrogen and oxygen atoms in total. The topological polar surface area (TPSA) is 54.9 Å².